The van der Waals surface area contributed by atoms with E-state index < -0.39 is 5.97 Å². The molecule has 1 aromatic carbocycles. The average Bonchev–Trinajstić information content (AvgIpc) is 3.09. The van der Waals surface area contributed by atoms with Crippen LogP contribution in [0.1, 0.15) is 69.2 Å². The zero-order chi connectivity index (χ0) is 19.5. The van der Waals surface area contributed by atoms with Gasteiger partial charge in [0.25, 0.3) is 0 Å². The number of rotatable bonds is 11. The molecule has 0 spiro atoms. The van der Waals surface area contributed by atoms with E-state index in [9.17, 15) is 9.59 Å². The molecular weight excluding hydrogens is 342 g/mol. The fourth-order valence-electron chi connectivity index (χ4n) is 2.85. The number of para-hydroxylation sites is 1. The molecule has 1 N–H and O–H groups in total. The first-order valence-corrected chi connectivity index (χ1v) is 9.77. The second-order valence-corrected chi connectivity index (χ2v) is 6.44. The summed E-state index contributed by atoms with van der Waals surface area (Å²) < 4.78 is 6.65. The van der Waals surface area contributed by atoms with Crippen LogP contribution in [0.2, 0.25) is 0 Å². The van der Waals surface area contributed by atoms with Crippen molar-refractivity contribution in [1.82, 2.24) is 9.78 Å². The number of unbranched alkanes of at least 4 members (excludes halogenated alkanes) is 5. The van der Waals surface area contributed by atoms with E-state index in [0.29, 0.717) is 12.2 Å². The first-order valence-electron chi connectivity index (χ1n) is 9.77. The Morgan fingerprint density at radius 2 is 1.74 bits per heavy atom. The molecule has 0 atom stereocenters. The number of carbonyl (C=O) groups excluding carboxylic acids is 2. The first kappa shape index (κ1) is 20.7. The number of aromatic nitrogens is 2. The van der Waals surface area contributed by atoms with Crippen LogP contribution in [0.5, 0.6) is 0 Å². The summed E-state index contributed by atoms with van der Waals surface area (Å²) in [6.07, 6.45) is 8.55. The van der Waals surface area contributed by atoms with Gasteiger partial charge in [-0.1, -0.05) is 57.2 Å². The Bertz CT molecular complexity index is 726. The summed E-state index contributed by atoms with van der Waals surface area (Å²) in [7, 11) is 0. The molecule has 2 aromatic rings. The Morgan fingerprint density at radius 1 is 1.04 bits per heavy atom. The summed E-state index contributed by atoms with van der Waals surface area (Å²) in [6.45, 7) is 4.20. The number of nitrogens with one attached hydrogen (secondary N) is 1. The topological polar surface area (TPSA) is 73.2 Å². The van der Waals surface area contributed by atoms with E-state index in [1.54, 1.807) is 11.6 Å². The molecule has 0 saturated carbocycles. The lowest BCUT2D eigenvalue weighted by Crippen LogP contribution is -2.17. The summed E-state index contributed by atoms with van der Waals surface area (Å²) in [5.41, 5.74) is 1.03. The molecule has 0 bridgehead atoms. The lowest BCUT2D eigenvalue weighted by atomic mass is 10.1. The molecule has 1 heterocycles. The molecule has 6 heteroatoms. The lowest BCUT2D eigenvalue weighted by Gasteiger charge is -2.11. The Kier molecular flexibility index (Phi) is 8.55. The summed E-state index contributed by atoms with van der Waals surface area (Å²) >= 11 is 0. The molecule has 0 radical (unpaired) electrons. The minimum Gasteiger partial charge on any atom is -0.462 e. The Morgan fingerprint density at radius 3 is 2.44 bits per heavy atom. The number of amides is 1. The van der Waals surface area contributed by atoms with Crippen LogP contribution in [0.25, 0.3) is 5.69 Å². The highest BCUT2D eigenvalue weighted by atomic mass is 16.5. The molecular formula is C21H29N3O3. The van der Waals surface area contributed by atoms with Crippen molar-refractivity contribution in [2.75, 3.05) is 11.9 Å². The smallest absolute Gasteiger partial charge is 0.343 e. The summed E-state index contributed by atoms with van der Waals surface area (Å²) in [5, 5.41) is 7.13. The number of nitrogens with zero attached hydrogens (tertiary/aromatic N) is 2. The third-order valence-electron chi connectivity index (χ3n) is 4.28. The molecule has 2 rings (SSSR count). The number of ether oxygens (including phenoxy) is 1. The van der Waals surface area contributed by atoms with Crippen LogP contribution in [-0.2, 0) is 9.53 Å². The van der Waals surface area contributed by atoms with Gasteiger partial charge in [-0.2, -0.15) is 5.10 Å². The average molecular weight is 371 g/mol. The summed E-state index contributed by atoms with van der Waals surface area (Å²) in [5.74, 6) is -0.251. The SMILES string of the molecule is CCCCCCCCC(=O)Nc1c(C(=O)OCC)cnn1-c1ccccc1. The molecule has 0 fully saturated rings. The quantitative estimate of drug-likeness (QED) is 0.457. The highest BCUT2D eigenvalue weighted by Gasteiger charge is 2.21. The number of hydrogen-bond donors (Lipinski definition) is 1. The number of anilines is 1. The summed E-state index contributed by atoms with van der Waals surface area (Å²) in [4.78, 5) is 24.6. The Hall–Kier alpha value is -2.63. The molecule has 1 amide bonds. The molecule has 0 unspecified atom stereocenters. The fourth-order valence-corrected chi connectivity index (χ4v) is 2.85. The van der Waals surface area contributed by atoms with Crippen molar-refractivity contribution in [3.05, 3.63) is 42.1 Å². The molecule has 146 valence electrons. The van der Waals surface area contributed by atoms with E-state index in [1.807, 2.05) is 30.3 Å². The fraction of sp³-hybridized carbons (Fsp3) is 0.476. The van der Waals surface area contributed by atoms with Crippen LogP contribution in [0.15, 0.2) is 36.5 Å². The molecule has 27 heavy (non-hydrogen) atoms. The van der Waals surface area contributed by atoms with Crippen molar-refractivity contribution in [2.45, 2.75) is 58.8 Å². The van der Waals surface area contributed by atoms with Crippen LogP contribution >= 0.6 is 0 Å². The van der Waals surface area contributed by atoms with Gasteiger partial charge in [0.05, 0.1) is 18.5 Å². The second-order valence-electron chi connectivity index (χ2n) is 6.44. The highest BCUT2D eigenvalue weighted by Crippen LogP contribution is 2.22. The standard InChI is InChI=1S/C21H29N3O3/c1-3-5-6-7-8-12-15-19(25)23-20-18(21(26)27-4-2)16-22-24(20)17-13-10-9-11-14-17/h9-11,13-14,16H,3-8,12,15H2,1-2H3,(H,23,25). The number of hydrogen-bond acceptors (Lipinski definition) is 4. The number of carbonyl (C=O) groups is 2. The minimum atomic E-state index is -0.491. The van der Waals surface area contributed by atoms with Crippen molar-refractivity contribution >= 4 is 17.7 Å². The Labute approximate surface area is 160 Å². The van der Waals surface area contributed by atoms with Crippen molar-refractivity contribution in [1.29, 1.82) is 0 Å². The van der Waals surface area contributed by atoms with Crippen molar-refractivity contribution in [2.24, 2.45) is 0 Å². The largest absolute Gasteiger partial charge is 0.462 e. The predicted molar refractivity (Wildman–Crippen MR) is 106 cm³/mol. The summed E-state index contributed by atoms with van der Waals surface area (Å²) in [6, 6.07) is 9.39. The van der Waals surface area contributed by atoms with Crippen LogP contribution < -0.4 is 5.32 Å². The van der Waals surface area contributed by atoms with Crippen LogP contribution in [0, 0.1) is 0 Å². The van der Waals surface area contributed by atoms with Gasteiger partial charge in [0.2, 0.25) is 5.91 Å². The highest BCUT2D eigenvalue weighted by molar-refractivity contribution is 6.00. The van der Waals surface area contributed by atoms with Gasteiger partial charge in [0.1, 0.15) is 5.56 Å². The second kappa shape index (κ2) is 11.2. The molecule has 0 aliphatic heterocycles. The van der Waals surface area contributed by atoms with E-state index in [-0.39, 0.29) is 18.1 Å². The van der Waals surface area contributed by atoms with Gasteiger partial charge in [0.15, 0.2) is 5.82 Å². The Balaban J connectivity index is 2.07. The van der Waals surface area contributed by atoms with Crippen molar-refractivity contribution in [3.63, 3.8) is 0 Å². The maximum atomic E-state index is 12.4. The van der Waals surface area contributed by atoms with Crippen LogP contribution in [0.4, 0.5) is 5.82 Å². The monoisotopic (exact) mass is 371 g/mol. The molecule has 0 saturated heterocycles. The minimum absolute atomic E-state index is 0.117. The zero-order valence-electron chi connectivity index (χ0n) is 16.2. The molecule has 0 aliphatic rings. The van der Waals surface area contributed by atoms with Crippen molar-refractivity contribution in [3.8, 4) is 5.69 Å². The normalized spacial score (nSPS) is 10.6. The van der Waals surface area contributed by atoms with Crippen molar-refractivity contribution < 1.29 is 14.3 Å². The van der Waals surface area contributed by atoms with E-state index >= 15 is 0 Å². The van der Waals surface area contributed by atoms with E-state index in [1.165, 1.54) is 25.5 Å². The van der Waals surface area contributed by atoms with Gasteiger partial charge >= 0.3 is 5.97 Å². The van der Waals surface area contributed by atoms with Crippen LogP contribution in [-0.4, -0.2) is 28.3 Å². The molecule has 0 aliphatic carbocycles. The van der Waals surface area contributed by atoms with Gasteiger partial charge < -0.3 is 10.1 Å². The van der Waals surface area contributed by atoms with Gasteiger partial charge in [0, 0.05) is 6.42 Å². The molecule has 1 aromatic heterocycles. The van der Waals surface area contributed by atoms with Gasteiger partial charge in [-0.25, -0.2) is 9.48 Å². The van der Waals surface area contributed by atoms with E-state index in [2.05, 4.69) is 17.3 Å². The van der Waals surface area contributed by atoms with E-state index in [4.69, 9.17) is 4.74 Å². The lowest BCUT2D eigenvalue weighted by molar-refractivity contribution is -0.116. The first-order chi connectivity index (χ1) is 13.2. The maximum Gasteiger partial charge on any atom is 0.343 e. The molecule has 6 nitrogen and oxygen atoms in total. The zero-order valence-corrected chi connectivity index (χ0v) is 16.2. The third-order valence-corrected chi connectivity index (χ3v) is 4.28. The maximum absolute atomic E-state index is 12.4. The number of esters is 1. The van der Waals surface area contributed by atoms with Crippen LogP contribution in [0.3, 0.4) is 0 Å². The third kappa shape index (κ3) is 6.24. The number of benzene rings is 1. The van der Waals surface area contributed by atoms with Gasteiger partial charge in [-0.3, -0.25) is 4.79 Å². The van der Waals surface area contributed by atoms with Gasteiger partial charge in [-0.05, 0) is 25.5 Å². The van der Waals surface area contributed by atoms with E-state index in [0.717, 1.165) is 24.9 Å². The van der Waals surface area contributed by atoms with Gasteiger partial charge in [-0.15, -0.1) is 0 Å². The predicted octanol–water partition coefficient (Wildman–Crippen LogP) is 4.74.